The summed E-state index contributed by atoms with van der Waals surface area (Å²) >= 11 is 5.26. The average molecular weight is 252 g/mol. The Kier molecular flexibility index (Phi) is 6.50. The van der Waals surface area contributed by atoms with Crippen LogP contribution in [-0.4, -0.2) is 44.2 Å². The van der Waals surface area contributed by atoms with Gasteiger partial charge in [0, 0.05) is 12.4 Å². The molecular weight excluding hydrogens is 240 g/mol. The van der Waals surface area contributed by atoms with Crippen molar-refractivity contribution in [2.24, 2.45) is 0 Å². The fourth-order valence-corrected chi connectivity index (χ4v) is 2.00. The molecule has 0 saturated heterocycles. The van der Waals surface area contributed by atoms with E-state index in [4.69, 9.17) is 16.7 Å². The molecule has 0 aromatic rings. The van der Waals surface area contributed by atoms with Crippen LogP contribution in [0.25, 0.3) is 0 Å². The molecule has 4 nitrogen and oxygen atoms in total. The minimum Gasteiger partial charge on any atom is -0.386 e. The number of rotatable bonds is 7. The first-order chi connectivity index (χ1) is 6.39. The number of alkyl halides is 3. The van der Waals surface area contributed by atoms with Gasteiger partial charge in [-0.25, -0.2) is 21.9 Å². The van der Waals surface area contributed by atoms with Crippen LogP contribution in [0.3, 0.4) is 0 Å². The lowest BCUT2D eigenvalue weighted by Crippen LogP contribution is -2.37. The first-order valence-electron chi connectivity index (χ1n) is 3.88. The molecule has 0 amide bonds. The summed E-state index contributed by atoms with van der Waals surface area (Å²) in [5.41, 5.74) is 0. The molecule has 0 aromatic heterocycles. The molecule has 1 unspecified atom stereocenters. The van der Waals surface area contributed by atoms with Gasteiger partial charge in [0.05, 0.1) is 5.75 Å². The third kappa shape index (κ3) is 6.47. The highest BCUT2D eigenvalue weighted by Crippen LogP contribution is 2.00. The van der Waals surface area contributed by atoms with Crippen LogP contribution in [0.5, 0.6) is 0 Å². The Hall–Kier alpha value is 0.0200. The quantitative estimate of drug-likeness (QED) is 0.634. The van der Waals surface area contributed by atoms with Crippen LogP contribution in [0.1, 0.15) is 6.42 Å². The van der Waals surface area contributed by atoms with Crippen molar-refractivity contribution in [1.82, 2.24) is 4.72 Å². The molecule has 0 aliphatic rings. The van der Waals surface area contributed by atoms with Crippen molar-refractivity contribution < 1.29 is 22.3 Å². The summed E-state index contributed by atoms with van der Waals surface area (Å²) in [6, 6.07) is 0. The van der Waals surface area contributed by atoms with Gasteiger partial charge in [-0.1, -0.05) is 0 Å². The molecule has 0 radical (unpaired) electrons. The highest BCUT2D eigenvalue weighted by molar-refractivity contribution is 7.89. The van der Waals surface area contributed by atoms with E-state index in [2.05, 4.69) is 0 Å². The topological polar surface area (TPSA) is 66.4 Å². The number of hydrogen-bond acceptors (Lipinski definition) is 3. The molecule has 0 heterocycles. The van der Waals surface area contributed by atoms with Gasteiger partial charge in [-0.3, -0.25) is 0 Å². The zero-order valence-electron chi connectivity index (χ0n) is 7.29. The molecular formula is C6H12ClF2NO3S. The molecule has 0 aromatic carbocycles. The number of hydrogen-bond donors (Lipinski definition) is 2. The maximum Gasteiger partial charge on any atom is 0.265 e. The van der Waals surface area contributed by atoms with Gasteiger partial charge in [0.25, 0.3) is 6.43 Å². The summed E-state index contributed by atoms with van der Waals surface area (Å²) in [6.07, 6.45) is -4.69. The van der Waals surface area contributed by atoms with Crippen molar-refractivity contribution in [3.8, 4) is 0 Å². The molecule has 1 atom stereocenters. The maximum atomic E-state index is 11.7. The normalized spacial score (nSPS) is 14.6. The minimum atomic E-state index is -3.60. The van der Waals surface area contributed by atoms with Crippen LogP contribution < -0.4 is 4.72 Å². The number of nitrogens with one attached hydrogen (secondary N) is 1. The van der Waals surface area contributed by atoms with E-state index in [1.807, 2.05) is 4.72 Å². The Morgan fingerprint density at radius 1 is 1.43 bits per heavy atom. The van der Waals surface area contributed by atoms with Crippen molar-refractivity contribution in [2.45, 2.75) is 19.0 Å². The van der Waals surface area contributed by atoms with Crippen LogP contribution in [0.15, 0.2) is 0 Å². The number of halogens is 3. The van der Waals surface area contributed by atoms with E-state index in [-0.39, 0.29) is 18.1 Å². The predicted octanol–water partition coefficient (Wildman–Crippen LogP) is 0.161. The lowest BCUT2D eigenvalue weighted by Gasteiger charge is -2.10. The van der Waals surface area contributed by atoms with Crippen molar-refractivity contribution in [2.75, 3.05) is 18.2 Å². The van der Waals surface area contributed by atoms with E-state index in [0.29, 0.717) is 0 Å². The third-order valence-electron chi connectivity index (χ3n) is 1.35. The fraction of sp³-hybridized carbons (Fsp3) is 1.00. The van der Waals surface area contributed by atoms with E-state index in [1.165, 1.54) is 0 Å². The summed E-state index contributed by atoms with van der Waals surface area (Å²) in [5, 5.41) is 8.61. The van der Waals surface area contributed by atoms with Crippen molar-refractivity contribution in [1.29, 1.82) is 0 Å². The van der Waals surface area contributed by atoms with E-state index >= 15 is 0 Å². The first-order valence-corrected chi connectivity index (χ1v) is 6.07. The lowest BCUT2D eigenvalue weighted by molar-refractivity contribution is -0.000449. The van der Waals surface area contributed by atoms with E-state index < -0.39 is 29.1 Å². The lowest BCUT2D eigenvalue weighted by atomic mass is 10.4. The van der Waals surface area contributed by atoms with Crippen molar-refractivity contribution >= 4 is 21.6 Å². The van der Waals surface area contributed by atoms with Crippen LogP contribution in [0.2, 0.25) is 0 Å². The van der Waals surface area contributed by atoms with E-state index in [0.717, 1.165) is 0 Å². The molecule has 0 fully saturated rings. The van der Waals surface area contributed by atoms with Gasteiger partial charge in [0.1, 0.15) is 6.10 Å². The molecule has 0 aliphatic carbocycles. The van der Waals surface area contributed by atoms with Crippen molar-refractivity contribution in [3.63, 3.8) is 0 Å². The number of sulfonamides is 1. The second-order valence-corrected chi connectivity index (χ2v) is 4.92. The summed E-state index contributed by atoms with van der Waals surface area (Å²) < 4.78 is 47.3. The summed E-state index contributed by atoms with van der Waals surface area (Å²) in [7, 11) is -3.60. The SMILES string of the molecule is O=S(=O)(CCCCl)NCC(O)C(F)F. The maximum absolute atomic E-state index is 11.7. The van der Waals surface area contributed by atoms with Crippen LogP contribution in [-0.2, 0) is 10.0 Å². The van der Waals surface area contributed by atoms with Gasteiger partial charge < -0.3 is 5.11 Å². The number of aliphatic hydroxyl groups is 1. The standard InChI is InChI=1S/C6H12ClF2NO3S/c7-2-1-3-14(12,13)10-4-5(11)6(8)9/h5-6,10-11H,1-4H2. The molecule has 14 heavy (non-hydrogen) atoms. The largest absolute Gasteiger partial charge is 0.386 e. The molecule has 2 N–H and O–H groups in total. The fourth-order valence-electron chi connectivity index (χ4n) is 0.618. The van der Waals surface area contributed by atoms with Gasteiger partial charge >= 0.3 is 0 Å². The molecule has 0 bridgehead atoms. The summed E-state index contributed by atoms with van der Waals surface area (Å²) in [5.74, 6) is -0.0508. The van der Waals surface area contributed by atoms with Crippen LogP contribution in [0, 0.1) is 0 Å². The molecule has 0 rings (SSSR count). The smallest absolute Gasteiger partial charge is 0.265 e. The van der Waals surface area contributed by atoms with Crippen LogP contribution >= 0.6 is 11.6 Å². The third-order valence-corrected chi connectivity index (χ3v) is 3.05. The molecule has 0 aliphatic heterocycles. The zero-order chi connectivity index (χ0) is 11.2. The predicted molar refractivity (Wildman–Crippen MR) is 49.1 cm³/mol. The van der Waals surface area contributed by atoms with Gasteiger partial charge in [0.15, 0.2) is 0 Å². The average Bonchev–Trinajstić information content (AvgIpc) is 2.11. The second-order valence-electron chi connectivity index (χ2n) is 2.61. The second kappa shape index (κ2) is 6.49. The Labute approximate surface area is 86.3 Å². The summed E-state index contributed by atoms with van der Waals surface area (Å²) in [4.78, 5) is 0. The van der Waals surface area contributed by atoms with E-state index in [9.17, 15) is 17.2 Å². The van der Waals surface area contributed by atoms with Gasteiger partial charge in [0.2, 0.25) is 10.0 Å². The van der Waals surface area contributed by atoms with Gasteiger partial charge in [-0.05, 0) is 6.42 Å². The molecule has 86 valence electrons. The summed E-state index contributed by atoms with van der Waals surface area (Å²) in [6.45, 7) is -0.678. The Bertz CT molecular complexity index is 247. The van der Waals surface area contributed by atoms with Gasteiger partial charge in [-0.2, -0.15) is 0 Å². The van der Waals surface area contributed by atoms with Crippen LogP contribution in [0.4, 0.5) is 8.78 Å². The minimum absolute atomic E-state index is 0.179. The highest BCUT2D eigenvalue weighted by Gasteiger charge is 2.19. The Morgan fingerprint density at radius 2 is 2.00 bits per heavy atom. The molecule has 0 saturated carbocycles. The van der Waals surface area contributed by atoms with Crippen molar-refractivity contribution in [3.05, 3.63) is 0 Å². The zero-order valence-corrected chi connectivity index (χ0v) is 8.86. The highest BCUT2D eigenvalue weighted by atomic mass is 35.5. The molecule has 0 spiro atoms. The van der Waals surface area contributed by atoms with E-state index in [1.54, 1.807) is 0 Å². The molecule has 8 heteroatoms. The number of aliphatic hydroxyl groups excluding tert-OH is 1. The first kappa shape index (κ1) is 14.0. The monoisotopic (exact) mass is 251 g/mol. The Morgan fingerprint density at radius 3 is 2.43 bits per heavy atom. The van der Waals surface area contributed by atoms with Gasteiger partial charge in [-0.15, -0.1) is 11.6 Å². The Balaban J connectivity index is 3.87.